The van der Waals surface area contributed by atoms with E-state index >= 15 is 0 Å². The first kappa shape index (κ1) is 16.9. The van der Waals surface area contributed by atoms with Gasteiger partial charge in [-0.1, -0.05) is 67.6 Å². The predicted molar refractivity (Wildman–Crippen MR) is 82.2 cm³/mol. The van der Waals surface area contributed by atoms with Crippen molar-refractivity contribution < 1.29 is 15.6 Å². The zero-order valence-corrected chi connectivity index (χ0v) is 12.7. The van der Waals surface area contributed by atoms with Gasteiger partial charge >= 0.3 is 0 Å². The molecular formula is C18H23NO2. The van der Waals surface area contributed by atoms with Crippen molar-refractivity contribution in [1.82, 2.24) is 0 Å². The van der Waals surface area contributed by atoms with Gasteiger partial charge in [-0.05, 0) is 18.9 Å². The van der Waals surface area contributed by atoms with Gasteiger partial charge in [0, 0.05) is 17.5 Å². The van der Waals surface area contributed by atoms with Crippen LogP contribution in [-0.4, -0.2) is 5.97 Å². The van der Waals surface area contributed by atoms with Crippen molar-refractivity contribution >= 4 is 5.97 Å². The van der Waals surface area contributed by atoms with Crippen LogP contribution in [0.25, 0.3) is 0 Å². The minimum Gasteiger partial charge on any atom is -0.549 e. The van der Waals surface area contributed by atoms with Crippen LogP contribution in [0.4, 0.5) is 0 Å². The lowest BCUT2D eigenvalue weighted by atomic mass is 9.97. The Balaban J connectivity index is 0.000000219. The van der Waals surface area contributed by atoms with E-state index in [2.05, 4.69) is 24.8 Å². The van der Waals surface area contributed by atoms with Crippen LogP contribution in [0.1, 0.15) is 43.4 Å². The zero-order valence-electron chi connectivity index (χ0n) is 12.7. The van der Waals surface area contributed by atoms with Gasteiger partial charge in [-0.25, -0.2) is 0 Å². The summed E-state index contributed by atoms with van der Waals surface area (Å²) in [5.41, 5.74) is 6.03. The standard InChI is InChI=1S/C10H12O2.C8H11N/c1-2-9(10(11)12)8-6-4-3-5-7-8;1-7(9)8-5-3-2-4-6-8/h3-7,9H,2H2,1H3,(H,11,12);2-7H,9H2,1H3/t9-;7-/m11/s1. The highest BCUT2D eigenvalue weighted by Gasteiger charge is 2.08. The topological polar surface area (TPSA) is 67.8 Å². The normalized spacial score (nSPS) is 12.7. The van der Waals surface area contributed by atoms with Crippen LogP contribution in [0.2, 0.25) is 0 Å². The molecule has 0 unspecified atom stereocenters. The van der Waals surface area contributed by atoms with E-state index in [1.54, 1.807) is 0 Å². The molecule has 0 aliphatic rings. The number of carboxylic acids is 1. The van der Waals surface area contributed by atoms with Crippen molar-refractivity contribution in [2.24, 2.45) is 0 Å². The lowest BCUT2D eigenvalue weighted by Crippen LogP contribution is -2.51. The van der Waals surface area contributed by atoms with Gasteiger partial charge in [-0.2, -0.15) is 0 Å². The zero-order chi connectivity index (χ0) is 15.7. The van der Waals surface area contributed by atoms with E-state index in [0.717, 1.165) is 5.56 Å². The largest absolute Gasteiger partial charge is 0.549 e. The Morgan fingerprint density at radius 2 is 1.43 bits per heavy atom. The van der Waals surface area contributed by atoms with Gasteiger partial charge in [0.05, 0.1) is 0 Å². The fourth-order valence-electron chi connectivity index (χ4n) is 2.01. The van der Waals surface area contributed by atoms with E-state index in [1.165, 1.54) is 5.56 Å². The van der Waals surface area contributed by atoms with Crippen LogP contribution >= 0.6 is 0 Å². The monoisotopic (exact) mass is 285 g/mol. The van der Waals surface area contributed by atoms with Crippen molar-refractivity contribution in [3.63, 3.8) is 0 Å². The predicted octanol–water partition coefficient (Wildman–Crippen LogP) is 1.92. The first-order valence-electron chi connectivity index (χ1n) is 7.20. The molecule has 0 fully saturated rings. The van der Waals surface area contributed by atoms with Gasteiger partial charge in [0.15, 0.2) is 0 Å². The molecule has 0 aliphatic carbocycles. The maximum atomic E-state index is 10.6. The van der Waals surface area contributed by atoms with Gasteiger partial charge in [-0.15, -0.1) is 0 Å². The third kappa shape index (κ3) is 5.79. The molecule has 0 spiro atoms. The lowest BCUT2D eigenvalue weighted by Gasteiger charge is -2.15. The number of aliphatic carboxylic acids is 1. The second-order valence-corrected chi connectivity index (χ2v) is 5.00. The van der Waals surface area contributed by atoms with Gasteiger partial charge in [-0.3, -0.25) is 0 Å². The van der Waals surface area contributed by atoms with Gasteiger partial charge < -0.3 is 15.6 Å². The molecule has 21 heavy (non-hydrogen) atoms. The molecule has 2 rings (SSSR count). The van der Waals surface area contributed by atoms with Crippen LogP contribution in [0.3, 0.4) is 0 Å². The number of benzene rings is 2. The summed E-state index contributed by atoms with van der Waals surface area (Å²) in [5.74, 6) is -1.46. The SMILES string of the molecule is CC[C@@H](C(=O)[O-])c1ccccc1.C[C@@H]([NH3+])c1ccccc1. The van der Waals surface area contributed by atoms with Crippen molar-refractivity contribution in [3.8, 4) is 0 Å². The summed E-state index contributed by atoms with van der Waals surface area (Å²) < 4.78 is 0. The number of quaternary nitrogens is 1. The molecule has 0 heterocycles. The molecule has 3 N–H and O–H groups in total. The number of hydrogen-bond acceptors (Lipinski definition) is 2. The molecule has 0 amide bonds. The molecule has 2 aromatic carbocycles. The number of hydrogen-bond donors (Lipinski definition) is 1. The minimum absolute atomic E-state index is 0.409. The molecule has 2 aromatic rings. The van der Waals surface area contributed by atoms with Crippen LogP contribution < -0.4 is 10.8 Å². The van der Waals surface area contributed by atoms with Gasteiger partial charge in [0.2, 0.25) is 0 Å². The van der Waals surface area contributed by atoms with Crippen LogP contribution in [0.15, 0.2) is 60.7 Å². The molecule has 0 aliphatic heterocycles. The van der Waals surface area contributed by atoms with Crippen molar-refractivity contribution in [1.29, 1.82) is 0 Å². The summed E-state index contributed by atoms with van der Waals surface area (Å²) in [4.78, 5) is 10.6. The number of carbonyl (C=O) groups excluding carboxylic acids is 1. The molecular weight excluding hydrogens is 262 g/mol. The molecule has 3 heteroatoms. The fraction of sp³-hybridized carbons (Fsp3) is 0.278. The molecule has 112 valence electrons. The Bertz CT molecular complexity index is 523. The average molecular weight is 285 g/mol. The smallest absolute Gasteiger partial charge is 0.107 e. The third-order valence-corrected chi connectivity index (χ3v) is 3.26. The van der Waals surface area contributed by atoms with E-state index in [1.807, 2.05) is 55.5 Å². The number of rotatable bonds is 4. The summed E-state index contributed by atoms with van der Waals surface area (Å²) in [6.45, 7) is 3.93. The first-order chi connectivity index (χ1) is 10.1. The Morgan fingerprint density at radius 1 is 1.00 bits per heavy atom. The second kappa shape index (κ2) is 8.93. The summed E-state index contributed by atoms with van der Waals surface area (Å²) in [5, 5.41) is 10.6. The highest BCUT2D eigenvalue weighted by atomic mass is 16.4. The molecule has 0 saturated heterocycles. The van der Waals surface area contributed by atoms with Crippen LogP contribution in [-0.2, 0) is 4.79 Å². The van der Waals surface area contributed by atoms with Crippen LogP contribution in [0, 0.1) is 0 Å². The van der Waals surface area contributed by atoms with Gasteiger partial charge in [0.25, 0.3) is 0 Å². The highest BCUT2D eigenvalue weighted by molar-refractivity contribution is 5.73. The van der Waals surface area contributed by atoms with Crippen LogP contribution in [0.5, 0.6) is 0 Å². The lowest BCUT2D eigenvalue weighted by molar-refractivity contribution is -0.420. The van der Waals surface area contributed by atoms with Crippen molar-refractivity contribution in [2.45, 2.75) is 32.2 Å². The van der Waals surface area contributed by atoms with E-state index in [-0.39, 0.29) is 0 Å². The minimum atomic E-state index is -0.997. The van der Waals surface area contributed by atoms with E-state index < -0.39 is 11.9 Å². The highest BCUT2D eigenvalue weighted by Crippen LogP contribution is 2.17. The molecule has 0 bridgehead atoms. The third-order valence-electron chi connectivity index (χ3n) is 3.26. The Hall–Kier alpha value is -2.13. The number of carboxylic acid groups (broad SMARTS) is 1. The fourth-order valence-corrected chi connectivity index (χ4v) is 2.01. The molecule has 2 atom stereocenters. The number of carbonyl (C=O) groups is 1. The second-order valence-electron chi connectivity index (χ2n) is 5.00. The van der Waals surface area contributed by atoms with Gasteiger partial charge in [0.1, 0.15) is 6.04 Å². The van der Waals surface area contributed by atoms with Crippen molar-refractivity contribution in [3.05, 3.63) is 71.8 Å². The molecule has 0 saturated carbocycles. The first-order valence-corrected chi connectivity index (χ1v) is 7.20. The average Bonchev–Trinajstić information content (AvgIpc) is 2.50. The summed E-state index contributed by atoms with van der Waals surface area (Å²) >= 11 is 0. The molecule has 3 nitrogen and oxygen atoms in total. The van der Waals surface area contributed by atoms with Crippen molar-refractivity contribution in [2.75, 3.05) is 0 Å². The molecule has 0 radical (unpaired) electrons. The maximum absolute atomic E-state index is 10.6. The van der Waals surface area contributed by atoms with E-state index in [4.69, 9.17) is 0 Å². The van der Waals surface area contributed by atoms with E-state index in [0.29, 0.717) is 12.5 Å². The summed E-state index contributed by atoms with van der Waals surface area (Å²) in [6.07, 6.45) is 0.576. The Kier molecular flexibility index (Phi) is 7.19. The Labute approximate surface area is 126 Å². The summed E-state index contributed by atoms with van der Waals surface area (Å²) in [7, 11) is 0. The quantitative estimate of drug-likeness (QED) is 0.932. The summed E-state index contributed by atoms with van der Waals surface area (Å²) in [6, 6.07) is 19.8. The maximum Gasteiger partial charge on any atom is 0.107 e. The van der Waals surface area contributed by atoms with E-state index in [9.17, 15) is 9.90 Å². The molecule has 0 aromatic heterocycles. The Morgan fingerprint density at radius 3 is 1.71 bits per heavy atom.